The molecule has 40 heavy (non-hydrogen) atoms. The van der Waals surface area contributed by atoms with Crippen LogP contribution >= 0.6 is 0 Å². The highest BCUT2D eigenvalue weighted by atomic mass is 15.1. The van der Waals surface area contributed by atoms with E-state index in [0.717, 1.165) is 42.6 Å². The third kappa shape index (κ3) is 6.07. The maximum absolute atomic E-state index is 5.37. The number of anilines is 1. The number of hydrogen-bond acceptors (Lipinski definition) is 2. The zero-order chi connectivity index (χ0) is 27.7. The normalized spacial score (nSPS) is 13.9. The standard InChI is InChI=1S/C38H38N2/c1-4-5-6-7-8-18-25-32(29-19-12-9-13-20-29)34-27-26-33-35(30-21-14-10-15-22-30)28-36(31-23-16-11-17-24-31)39-37(33)38(34)40(2)3/h4-7,9-10,12-16,19-28H,8,11,17-18H2,1-3H3/b5-4-,7-6-,32-25-. The minimum atomic E-state index is 0.962. The van der Waals surface area contributed by atoms with Gasteiger partial charge in [-0.1, -0.05) is 121 Å². The molecule has 2 nitrogen and oxygen atoms in total. The van der Waals surface area contributed by atoms with Crippen molar-refractivity contribution >= 4 is 27.7 Å². The summed E-state index contributed by atoms with van der Waals surface area (Å²) >= 11 is 0. The Hall–Kier alpha value is -4.43. The van der Waals surface area contributed by atoms with Gasteiger partial charge in [0.05, 0.1) is 16.9 Å². The Labute approximate surface area is 239 Å². The monoisotopic (exact) mass is 522 g/mol. The van der Waals surface area contributed by atoms with Crippen molar-refractivity contribution in [1.82, 2.24) is 4.98 Å². The van der Waals surface area contributed by atoms with Gasteiger partial charge in [-0.3, -0.25) is 0 Å². The molecule has 1 aliphatic carbocycles. The Kier molecular flexibility index (Phi) is 8.88. The summed E-state index contributed by atoms with van der Waals surface area (Å²) < 4.78 is 0. The molecule has 0 fully saturated rings. The van der Waals surface area contributed by atoms with E-state index in [1.807, 2.05) is 6.92 Å². The van der Waals surface area contributed by atoms with Gasteiger partial charge in [-0.25, -0.2) is 4.98 Å². The number of nitrogens with zero attached hydrogens (tertiary/aromatic N) is 2. The summed E-state index contributed by atoms with van der Waals surface area (Å²) in [6, 6.07) is 28.3. The molecule has 0 N–H and O–H groups in total. The Morgan fingerprint density at radius 1 is 0.875 bits per heavy atom. The van der Waals surface area contributed by atoms with E-state index < -0.39 is 0 Å². The Balaban J connectivity index is 1.74. The lowest BCUT2D eigenvalue weighted by Gasteiger charge is -2.23. The van der Waals surface area contributed by atoms with Gasteiger partial charge in [-0.15, -0.1) is 0 Å². The van der Waals surface area contributed by atoms with Crippen molar-refractivity contribution in [1.29, 1.82) is 0 Å². The highest BCUT2D eigenvalue weighted by molar-refractivity contribution is 6.06. The van der Waals surface area contributed by atoms with Crippen LogP contribution in [0.4, 0.5) is 5.69 Å². The van der Waals surface area contributed by atoms with E-state index in [1.54, 1.807) is 0 Å². The van der Waals surface area contributed by atoms with Crippen LogP contribution in [0.1, 0.15) is 49.4 Å². The summed E-state index contributed by atoms with van der Waals surface area (Å²) in [5.41, 5.74) is 10.5. The first kappa shape index (κ1) is 27.1. The van der Waals surface area contributed by atoms with Crippen LogP contribution < -0.4 is 4.90 Å². The van der Waals surface area contributed by atoms with Gasteiger partial charge < -0.3 is 4.90 Å². The van der Waals surface area contributed by atoms with Crippen LogP contribution in [0.3, 0.4) is 0 Å². The topological polar surface area (TPSA) is 16.1 Å². The molecule has 2 heteroatoms. The fourth-order valence-corrected chi connectivity index (χ4v) is 5.37. The Bertz CT molecular complexity index is 1600. The van der Waals surface area contributed by atoms with Gasteiger partial charge in [0.25, 0.3) is 0 Å². The van der Waals surface area contributed by atoms with Crippen LogP contribution in [0.15, 0.2) is 127 Å². The number of fused-ring (bicyclic) bond motifs is 1. The van der Waals surface area contributed by atoms with Crippen molar-refractivity contribution in [3.05, 3.63) is 144 Å². The number of rotatable bonds is 9. The molecule has 4 aromatic rings. The molecule has 3 aromatic carbocycles. The van der Waals surface area contributed by atoms with Crippen LogP contribution in [0.25, 0.3) is 33.2 Å². The van der Waals surface area contributed by atoms with Gasteiger partial charge in [0, 0.05) is 25.0 Å². The molecule has 0 atom stereocenters. The number of hydrogen-bond donors (Lipinski definition) is 0. The third-order valence-electron chi connectivity index (χ3n) is 7.27. The van der Waals surface area contributed by atoms with Crippen molar-refractivity contribution in [2.45, 2.75) is 32.6 Å². The van der Waals surface area contributed by atoms with Crippen LogP contribution in [0.2, 0.25) is 0 Å². The minimum absolute atomic E-state index is 0.962. The molecule has 1 aliphatic rings. The van der Waals surface area contributed by atoms with Crippen molar-refractivity contribution in [3.63, 3.8) is 0 Å². The first-order valence-electron chi connectivity index (χ1n) is 14.3. The third-order valence-corrected chi connectivity index (χ3v) is 7.27. The smallest absolute Gasteiger partial charge is 0.0955 e. The summed E-state index contributed by atoms with van der Waals surface area (Å²) in [6.45, 7) is 2.05. The number of pyridine rings is 1. The summed E-state index contributed by atoms with van der Waals surface area (Å²) in [6.07, 6.45) is 21.8. The van der Waals surface area contributed by atoms with Crippen LogP contribution in [-0.4, -0.2) is 19.1 Å². The molecule has 1 heterocycles. The zero-order valence-corrected chi connectivity index (χ0v) is 23.8. The Morgan fingerprint density at radius 3 is 2.35 bits per heavy atom. The lowest BCUT2D eigenvalue weighted by Crippen LogP contribution is -2.13. The quantitative estimate of drug-likeness (QED) is 0.161. The van der Waals surface area contributed by atoms with Gasteiger partial charge in [-0.2, -0.15) is 0 Å². The fourth-order valence-electron chi connectivity index (χ4n) is 5.37. The van der Waals surface area contributed by atoms with E-state index >= 15 is 0 Å². The molecule has 0 aliphatic heterocycles. The summed E-state index contributed by atoms with van der Waals surface area (Å²) in [7, 11) is 4.27. The van der Waals surface area contributed by atoms with Crippen LogP contribution in [0, 0.1) is 0 Å². The molecule has 0 unspecified atom stereocenters. The highest BCUT2D eigenvalue weighted by Gasteiger charge is 2.20. The molecule has 5 rings (SSSR count). The number of aromatic nitrogens is 1. The maximum atomic E-state index is 5.37. The fraction of sp³-hybridized carbons (Fsp3) is 0.184. The van der Waals surface area contributed by atoms with Crippen molar-refractivity contribution in [2.24, 2.45) is 0 Å². The number of allylic oxidation sites excluding steroid dienone is 9. The van der Waals surface area contributed by atoms with E-state index in [-0.39, 0.29) is 0 Å². The second-order valence-corrected chi connectivity index (χ2v) is 10.3. The van der Waals surface area contributed by atoms with E-state index in [4.69, 9.17) is 4.98 Å². The van der Waals surface area contributed by atoms with Gasteiger partial charge in [-0.05, 0) is 66.5 Å². The Morgan fingerprint density at radius 2 is 1.65 bits per heavy atom. The van der Waals surface area contributed by atoms with E-state index in [9.17, 15) is 0 Å². The SMILES string of the molecule is C/C=C\C=C/CC/C=C(/c1ccccc1)c1ccc2c(-c3ccccc3)cc(C3=CCCC=C3)nc2c1N(C)C. The summed E-state index contributed by atoms with van der Waals surface area (Å²) in [5.74, 6) is 0. The molecule has 0 saturated heterocycles. The second-order valence-electron chi connectivity index (χ2n) is 10.3. The molecule has 200 valence electrons. The van der Waals surface area contributed by atoms with Crippen LogP contribution in [-0.2, 0) is 0 Å². The maximum Gasteiger partial charge on any atom is 0.0955 e. The average molecular weight is 523 g/mol. The van der Waals surface area contributed by atoms with Crippen molar-refractivity contribution in [3.8, 4) is 11.1 Å². The first-order valence-corrected chi connectivity index (χ1v) is 14.3. The van der Waals surface area contributed by atoms with E-state index in [1.165, 1.54) is 38.8 Å². The molecule has 0 bridgehead atoms. The lowest BCUT2D eigenvalue weighted by atomic mass is 9.90. The minimum Gasteiger partial charge on any atom is -0.375 e. The van der Waals surface area contributed by atoms with Crippen LogP contribution in [0.5, 0.6) is 0 Å². The second kappa shape index (κ2) is 13.1. The molecule has 0 spiro atoms. The lowest BCUT2D eigenvalue weighted by molar-refractivity contribution is 1.04. The highest BCUT2D eigenvalue weighted by Crippen LogP contribution is 2.41. The molecule has 1 aromatic heterocycles. The molecular weight excluding hydrogens is 484 g/mol. The largest absolute Gasteiger partial charge is 0.375 e. The van der Waals surface area contributed by atoms with Crippen molar-refractivity contribution in [2.75, 3.05) is 19.0 Å². The molecule has 0 saturated carbocycles. The molecular formula is C38H38N2. The first-order chi connectivity index (χ1) is 19.7. The predicted octanol–water partition coefficient (Wildman–Crippen LogP) is 10.0. The summed E-state index contributed by atoms with van der Waals surface area (Å²) in [5, 5.41) is 1.17. The van der Waals surface area contributed by atoms with Gasteiger partial charge in [0.15, 0.2) is 0 Å². The molecule has 0 radical (unpaired) electrons. The number of benzene rings is 3. The zero-order valence-electron chi connectivity index (χ0n) is 23.8. The predicted molar refractivity (Wildman–Crippen MR) is 175 cm³/mol. The van der Waals surface area contributed by atoms with Crippen molar-refractivity contribution < 1.29 is 0 Å². The molecule has 0 amide bonds. The summed E-state index contributed by atoms with van der Waals surface area (Å²) in [4.78, 5) is 7.60. The van der Waals surface area contributed by atoms with Gasteiger partial charge in [0.1, 0.15) is 0 Å². The average Bonchev–Trinajstić information content (AvgIpc) is 3.01. The van der Waals surface area contributed by atoms with E-state index in [2.05, 4.69) is 146 Å². The van der Waals surface area contributed by atoms with Gasteiger partial charge in [0.2, 0.25) is 0 Å². The van der Waals surface area contributed by atoms with Gasteiger partial charge >= 0.3 is 0 Å². The van der Waals surface area contributed by atoms with E-state index in [0.29, 0.717) is 0 Å². The number of unbranched alkanes of at least 4 members (excludes halogenated alkanes) is 1.